The van der Waals surface area contributed by atoms with Gasteiger partial charge in [0.25, 0.3) is 11.8 Å². The van der Waals surface area contributed by atoms with Crippen LogP contribution in [0, 0.1) is 13.8 Å². The fourth-order valence-corrected chi connectivity index (χ4v) is 4.29. The third-order valence-electron chi connectivity index (χ3n) is 5.04. The molecule has 0 radical (unpaired) electrons. The fraction of sp³-hybridized carbons (Fsp3) is 0.269. The molecule has 0 bridgehead atoms. The molecule has 35 heavy (non-hydrogen) atoms. The first-order valence-corrected chi connectivity index (χ1v) is 12.0. The first-order valence-electron chi connectivity index (χ1n) is 11.2. The minimum Gasteiger partial charge on any atom is -0.492 e. The minimum absolute atomic E-state index is 0.247. The lowest BCUT2D eigenvalue weighted by molar-refractivity contribution is -0.118. The molecule has 1 heterocycles. The zero-order valence-corrected chi connectivity index (χ0v) is 20.9. The summed E-state index contributed by atoms with van der Waals surface area (Å²) in [6.45, 7) is 7.77. The molecule has 3 aromatic rings. The lowest BCUT2D eigenvalue weighted by Crippen LogP contribution is -2.21. The number of carbonyl (C=O) groups is 3. The molecule has 0 unspecified atom stereocenters. The molecule has 0 saturated carbocycles. The first-order chi connectivity index (χ1) is 16.8. The van der Waals surface area contributed by atoms with Gasteiger partial charge in [-0.15, -0.1) is 11.3 Å². The smallest absolute Gasteiger partial charge is 0.341 e. The Kier molecular flexibility index (Phi) is 8.86. The molecule has 0 spiro atoms. The highest BCUT2D eigenvalue weighted by atomic mass is 32.1. The van der Waals surface area contributed by atoms with Crippen molar-refractivity contribution in [1.29, 1.82) is 0 Å². The number of carbonyl (C=O) groups excluding carboxylic acids is 3. The van der Waals surface area contributed by atoms with Crippen molar-refractivity contribution >= 4 is 39.8 Å². The molecule has 0 aliphatic heterocycles. The van der Waals surface area contributed by atoms with Crippen molar-refractivity contribution < 1.29 is 28.6 Å². The number of hydrogen-bond donors (Lipinski definition) is 2. The van der Waals surface area contributed by atoms with Crippen molar-refractivity contribution in [3.8, 4) is 11.5 Å². The van der Waals surface area contributed by atoms with E-state index in [-0.39, 0.29) is 19.1 Å². The van der Waals surface area contributed by atoms with E-state index in [0.717, 1.165) is 10.4 Å². The molecule has 0 atom stereocenters. The average molecular weight is 497 g/mol. The number of esters is 1. The van der Waals surface area contributed by atoms with Crippen molar-refractivity contribution in [2.24, 2.45) is 0 Å². The van der Waals surface area contributed by atoms with Crippen LogP contribution in [0.5, 0.6) is 11.5 Å². The van der Waals surface area contributed by atoms with Gasteiger partial charge in [-0.05, 0) is 69.7 Å². The van der Waals surface area contributed by atoms with Crippen molar-refractivity contribution in [3.63, 3.8) is 0 Å². The van der Waals surface area contributed by atoms with Gasteiger partial charge in [0.2, 0.25) is 0 Å². The van der Waals surface area contributed by atoms with Gasteiger partial charge in [0.05, 0.1) is 24.5 Å². The van der Waals surface area contributed by atoms with E-state index < -0.39 is 11.9 Å². The van der Waals surface area contributed by atoms with Crippen LogP contribution in [0.15, 0.2) is 48.5 Å². The van der Waals surface area contributed by atoms with E-state index in [4.69, 9.17) is 14.2 Å². The number of nitrogens with one attached hydrogen (secondary N) is 2. The van der Waals surface area contributed by atoms with E-state index in [1.54, 1.807) is 43.3 Å². The van der Waals surface area contributed by atoms with Crippen LogP contribution in [0.4, 0.5) is 10.7 Å². The van der Waals surface area contributed by atoms with Gasteiger partial charge in [-0.2, -0.15) is 0 Å². The van der Waals surface area contributed by atoms with Crippen LogP contribution >= 0.6 is 11.3 Å². The monoisotopic (exact) mass is 496 g/mol. The molecular formula is C26H28N2O6S. The molecular weight excluding hydrogens is 468 g/mol. The summed E-state index contributed by atoms with van der Waals surface area (Å²) in [5.41, 5.74) is 2.15. The molecule has 1 aromatic heterocycles. The van der Waals surface area contributed by atoms with Crippen LogP contribution < -0.4 is 20.1 Å². The quantitative estimate of drug-likeness (QED) is 0.374. The summed E-state index contributed by atoms with van der Waals surface area (Å²) in [4.78, 5) is 38.2. The van der Waals surface area contributed by atoms with Crippen LogP contribution in [0.2, 0.25) is 0 Å². The van der Waals surface area contributed by atoms with Crippen LogP contribution in [-0.2, 0) is 9.53 Å². The molecule has 2 N–H and O–H groups in total. The Morgan fingerprint density at radius 1 is 0.886 bits per heavy atom. The van der Waals surface area contributed by atoms with E-state index in [9.17, 15) is 14.4 Å². The van der Waals surface area contributed by atoms with Crippen molar-refractivity contribution in [3.05, 3.63) is 70.1 Å². The molecule has 0 aliphatic carbocycles. The highest BCUT2D eigenvalue weighted by Gasteiger charge is 2.22. The molecule has 0 saturated heterocycles. The highest BCUT2D eigenvalue weighted by molar-refractivity contribution is 7.16. The first kappa shape index (κ1) is 25.8. The number of thiophene rings is 1. The summed E-state index contributed by atoms with van der Waals surface area (Å²) in [7, 11) is 0. The normalized spacial score (nSPS) is 10.4. The topological polar surface area (TPSA) is 103 Å². The second kappa shape index (κ2) is 12.0. The number of para-hydroxylation sites is 2. The molecule has 0 fully saturated rings. The van der Waals surface area contributed by atoms with Gasteiger partial charge in [-0.25, -0.2) is 4.79 Å². The lowest BCUT2D eigenvalue weighted by Gasteiger charge is -2.12. The van der Waals surface area contributed by atoms with E-state index in [0.29, 0.717) is 39.9 Å². The van der Waals surface area contributed by atoms with Crippen LogP contribution in [0.1, 0.15) is 45.0 Å². The summed E-state index contributed by atoms with van der Waals surface area (Å²) in [5, 5.41) is 6.00. The predicted octanol–water partition coefficient (Wildman–Crippen LogP) is 5.21. The standard InChI is InChI=1S/C26H28N2O6S/c1-5-32-21-10-8-7-9-20(21)27-24(30)18-11-13-19(14-12-18)34-15-22(29)28-25-23(26(31)33-6-2)16(3)17(4)35-25/h7-14H,5-6,15H2,1-4H3,(H,27,30)(H,28,29). The number of rotatable bonds is 10. The van der Waals surface area contributed by atoms with Gasteiger partial charge < -0.3 is 24.8 Å². The number of benzene rings is 2. The van der Waals surface area contributed by atoms with Gasteiger partial charge in [-0.1, -0.05) is 12.1 Å². The summed E-state index contributed by atoms with van der Waals surface area (Å²) >= 11 is 1.31. The maximum atomic E-state index is 12.6. The largest absolute Gasteiger partial charge is 0.492 e. The number of ether oxygens (including phenoxy) is 3. The van der Waals surface area contributed by atoms with Gasteiger partial charge in [0.1, 0.15) is 16.5 Å². The van der Waals surface area contributed by atoms with Crippen LogP contribution in [0.3, 0.4) is 0 Å². The summed E-state index contributed by atoms with van der Waals surface area (Å²) < 4.78 is 16.2. The van der Waals surface area contributed by atoms with Crippen LogP contribution in [0.25, 0.3) is 0 Å². The number of aryl methyl sites for hydroxylation is 1. The van der Waals surface area contributed by atoms with E-state index in [1.165, 1.54) is 11.3 Å². The summed E-state index contributed by atoms with van der Waals surface area (Å²) in [6, 6.07) is 13.6. The fourth-order valence-electron chi connectivity index (χ4n) is 3.22. The molecule has 2 aromatic carbocycles. The zero-order valence-electron chi connectivity index (χ0n) is 20.1. The highest BCUT2D eigenvalue weighted by Crippen LogP contribution is 2.33. The number of anilines is 2. The van der Waals surface area contributed by atoms with Crippen molar-refractivity contribution in [1.82, 2.24) is 0 Å². The molecule has 0 aliphatic rings. The Bertz CT molecular complexity index is 1200. The van der Waals surface area contributed by atoms with Gasteiger partial charge in [0.15, 0.2) is 6.61 Å². The molecule has 8 nitrogen and oxygen atoms in total. The Hall–Kier alpha value is -3.85. The Balaban J connectivity index is 1.58. The lowest BCUT2D eigenvalue weighted by atomic mass is 10.1. The van der Waals surface area contributed by atoms with Crippen molar-refractivity contribution in [2.75, 3.05) is 30.5 Å². The van der Waals surface area contributed by atoms with Gasteiger partial charge >= 0.3 is 5.97 Å². The van der Waals surface area contributed by atoms with E-state index in [2.05, 4.69) is 10.6 Å². The van der Waals surface area contributed by atoms with E-state index in [1.807, 2.05) is 32.9 Å². The Labute approximate surface area is 208 Å². The molecule has 184 valence electrons. The predicted molar refractivity (Wildman–Crippen MR) is 136 cm³/mol. The molecule has 9 heteroatoms. The summed E-state index contributed by atoms with van der Waals surface area (Å²) in [5.74, 6) is -0.155. The number of amides is 2. The maximum Gasteiger partial charge on any atom is 0.341 e. The van der Waals surface area contributed by atoms with Crippen molar-refractivity contribution in [2.45, 2.75) is 27.7 Å². The second-order valence-electron chi connectivity index (χ2n) is 7.45. The number of hydrogen-bond acceptors (Lipinski definition) is 7. The van der Waals surface area contributed by atoms with Crippen LogP contribution in [-0.4, -0.2) is 37.6 Å². The second-order valence-corrected chi connectivity index (χ2v) is 8.68. The average Bonchev–Trinajstić information content (AvgIpc) is 3.12. The zero-order chi connectivity index (χ0) is 25.4. The maximum absolute atomic E-state index is 12.6. The summed E-state index contributed by atoms with van der Waals surface area (Å²) in [6.07, 6.45) is 0. The Morgan fingerprint density at radius 2 is 1.60 bits per heavy atom. The van der Waals surface area contributed by atoms with Gasteiger partial charge in [0, 0.05) is 10.4 Å². The SMILES string of the molecule is CCOC(=O)c1c(NC(=O)COc2ccc(C(=O)Nc3ccccc3OCC)cc2)sc(C)c1C. The molecule has 2 amide bonds. The third-order valence-corrected chi connectivity index (χ3v) is 6.16. The van der Waals surface area contributed by atoms with Gasteiger partial charge in [-0.3, -0.25) is 9.59 Å². The third kappa shape index (κ3) is 6.60. The Morgan fingerprint density at radius 3 is 2.29 bits per heavy atom. The minimum atomic E-state index is -0.469. The molecule has 3 rings (SSSR count). The van der Waals surface area contributed by atoms with E-state index >= 15 is 0 Å².